The molecule has 0 spiro atoms. The van der Waals surface area contributed by atoms with Gasteiger partial charge in [-0.1, -0.05) is 12.1 Å². The molecule has 0 unspecified atom stereocenters. The minimum Gasteiger partial charge on any atom is -0.399 e. The predicted octanol–water partition coefficient (Wildman–Crippen LogP) is 2.95. The number of nitrogens with zero attached hydrogens (tertiary/aromatic N) is 1. The van der Waals surface area contributed by atoms with Gasteiger partial charge in [-0.3, -0.25) is 4.98 Å². The van der Waals surface area contributed by atoms with Crippen LogP contribution >= 0.6 is 0 Å². The van der Waals surface area contributed by atoms with Crippen LogP contribution in [0.4, 0.5) is 5.69 Å². The highest BCUT2D eigenvalue weighted by atomic mass is 14.7. The topological polar surface area (TPSA) is 38.9 Å². The molecule has 0 amide bonds. The fraction of sp³-hybridized carbons (Fsp3) is 0.154. The molecule has 0 aliphatic rings. The summed E-state index contributed by atoms with van der Waals surface area (Å²) in [4.78, 5) is 4.34. The molecular weight excluding hydrogens is 184 g/mol. The maximum absolute atomic E-state index is 5.85. The fourth-order valence-electron chi connectivity index (χ4n) is 1.64. The van der Waals surface area contributed by atoms with Gasteiger partial charge in [0.1, 0.15) is 0 Å². The minimum atomic E-state index is 0.840. The SMILES string of the molecule is Cc1c(N)ccc(-c2ccccn2)c1C. The lowest BCUT2D eigenvalue weighted by molar-refractivity contribution is 1.28. The number of hydrogen-bond acceptors (Lipinski definition) is 2. The lowest BCUT2D eigenvalue weighted by Gasteiger charge is -2.10. The van der Waals surface area contributed by atoms with E-state index in [0.29, 0.717) is 0 Å². The Hall–Kier alpha value is -1.83. The molecule has 0 aliphatic heterocycles. The monoisotopic (exact) mass is 198 g/mol. The first-order valence-electron chi connectivity index (χ1n) is 4.97. The van der Waals surface area contributed by atoms with Gasteiger partial charge in [-0.2, -0.15) is 0 Å². The zero-order valence-electron chi connectivity index (χ0n) is 8.99. The fourth-order valence-corrected chi connectivity index (χ4v) is 1.64. The summed E-state index contributed by atoms with van der Waals surface area (Å²) >= 11 is 0. The van der Waals surface area contributed by atoms with Crippen molar-refractivity contribution in [3.8, 4) is 11.3 Å². The van der Waals surface area contributed by atoms with Crippen LogP contribution in [0.3, 0.4) is 0 Å². The molecule has 0 bridgehead atoms. The van der Waals surface area contributed by atoms with Crippen LogP contribution in [0.25, 0.3) is 11.3 Å². The lowest BCUT2D eigenvalue weighted by atomic mass is 9.99. The Morgan fingerprint density at radius 3 is 2.47 bits per heavy atom. The van der Waals surface area contributed by atoms with Crippen LogP contribution in [0.1, 0.15) is 11.1 Å². The Morgan fingerprint density at radius 2 is 1.80 bits per heavy atom. The molecule has 1 aromatic carbocycles. The smallest absolute Gasteiger partial charge is 0.0704 e. The maximum Gasteiger partial charge on any atom is 0.0704 e. The van der Waals surface area contributed by atoms with Gasteiger partial charge in [0, 0.05) is 17.4 Å². The zero-order valence-corrected chi connectivity index (χ0v) is 8.99. The van der Waals surface area contributed by atoms with Crippen LogP contribution < -0.4 is 5.73 Å². The number of pyridine rings is 1. The normalized spacial score (nSPS) is 10.3. The van der Waals surface area contributed by atoms with E-state index in [1.54, 1.807) is 6.20 Å². The van der Waals surface area contributed by atoms with Crippen molar-refractivity contribution in [1.29, 1.82) is 0 Å². The van der Waals surface area contributed by atoms with Crippen molar-refractivity contribution in [1.82, 2.24) is 4.98 Å². The Balaban J connectivity index is 2.60. The van der Waals surface area contributed by atoms with Gasteiger partial charge in [-0.05, 0) is 43.2 Å². The van der Waals surface area contributed by atoms with Crippen LogP contribution in [0.5, 0.6) is 0 Å². The van der Waals surface area contributed by atoms with E-state index in [9.17, 15) is 0 Å². The number of nitrogen functional groups attached to an aromatic ring is 1. The number of benzene rings is 1. The molecule has 0 aliphatic carbocycles. The highest BCUT2D eigenvalue weighted by Gasteiger charge is 2.06. The summed E-state index contributed by atoms with van der Waals surface area (Å²) in [5.41, 5.74) is 11.2. The van der Waals surface area contributed by atoms with Gasteiger partial charge in [0.15, 0.2) is 0 Å². The molecule has 2 aromatic rings. The quantitative estimate of drug-likeness (QED) is 0.715. The molecule has 1 heterocycles. The third-order valence-electron chi connectivity index (χ3n) is 2.77. The van der Waals surface area contributed by atoms with Crippen molar-refractivity contribution in [3.05, 3.63) is 47.7 Å². The minimum absolute atomic E-state index is 0.840. The van der Waals surface area contributed by atoms with Crippen molar-refractivity contribution < 1.29 is 0 Å². The summed E-state index contributed by atoms with van der Waals surface area (Å²) in [6.45, 7) is 4.12. The van der Waals surface area contributed by atoms with E-state index in [2.05, 4.69) is 11.9 Å². The molecule has 0 saturated heterocycles. The second-order valence-electron chi connectivity index (χ2n) is 3.67. The predicted molar refractivity (Wildman–Crippen MR) is 63.6 cm³/mol. The molecular formula is C13H14N2. The third-order valence-corrected chi connectivity index (χ3v) is 2.77. The van der Waals surface area contributed by atoms with Crippen molar-refractivity contribution in [2.45, 2.75) is 13.8 Å². The number of hydrogen-bond donors (Lipinski definition) is 1. The molecule has 0 saturated carbocycles. The summed E-state index contributed by atoms with van der Waals surface area (Å²) in [6, 6.07) is 9.89. The van der Waals surface area contributed by atoms with Gasteiger partial charge < -0.3 is 5.73 Å². The van der Waals surface area contributed by atoms with E-state index >= 15 is 0 Å². The zero-order chi connectivity index (χ0) is 10.8. The summed E-state index contributed by atoms with van der Waals surface area (Å²) in [7, 11) is 0. The number of aromatic nitrogens is 1. The largest absolute Gasteiger partial charge is 0.399 e. The van der Waals surface area contributed by atoms with Crippen molar-refractivity contribution >= 4 is 5.69 Å². The van der Waals surface area contributed by atoms with E-state index in [4.69, 9.17) is 5.73 Å². The average Bonchev–Trinajstić information content (AvgIpc) is 2.27. The van der Waals surface area contributed by atoms with Crippen LogP contribution in [0, 0.1) is 13.8 Å². The van der Waals surface area contributed by atoms with Crippen LogP contribution in [0.2, 0.25) is 0 Å². The molecule has 2 nitrogen and oxygen atoms in total. The Kier molecular flexibility index (Phi) is 2.42. The molecule has 2 heteroatoms. The van der Waals surface area contributed by atoms with Gasteiger partial charge in [0.25, 0.3) is 0 Å². The summed E-state index contributed by atoms with van der Waals surface area (Å²) in [5.74, 6) is 0. The van der Waals surface area contributed by atoms with E-state index in [1.807, 2.05) is 37.3 Å². The third kappa shape index (κ3) is 1.71. The second kappa shape index (κ2) is 3.73. The van der Waals surface area contributed by atoms with Crippen LogP contribution in [-0.4, -0.2) is 4.98 Å². The Morgan fingerprint density at radius 1 is 1.00 bits per heavy atom. The van der Waals surface area contributed by atoms with Gasteiger partial charge >= 0.3 is 0 Å². The summed E-state index contributed by atoms with van der Waals surface area (Å²) in [6.07, 6.45) is 1.81. The molecule has 0 radical (unpaired) electrons. The van der Waals surface area contributed by atoms with Crippen molar-refractivity contribution in [2.75, 3.05) is 5.73 Å². The lowest BCUT2D eigenvalue weighted by Crippen LogP contribution is -1.95. The number of rotatable bonds is 1. The summed E-state index contributed by atoms with van der Waals surface area (Å²) < 4.78 is 0. The van der Waals surface area contributed by atoms with E-state index in [1.165, 1.54) is 5.56 Å². The van der Waals surface area contributed by atoms with Crippen molar-refractivity contribution in [2.24, 2.45) is 0 Å². The van der Waals surface area contributed by atoms with Gasteiger partial charge in [-0.25, -0.2) is 0 Å². The molecule has 1 aromatic heterocycles. The molecule has 0 atom stereocenters. The first-order chi connectivity index (χ1) is 7.20. The number of anilines is 1. The number of nitrogens with two attached hydrogens (primary N) is 1. The second-order valence-corrected chi connectivity index (χ2v) is 3.67. The Bertz CT molecular complexity index is 475. The van der Waals surface area contributed by atoms with Gasteiger partial charge in [0.2, 0.25) is 0 Å². The van der Waals surface area contributed by atoms with Crippen LogP contribution in [0.15, 0.2) is 36.5 Å². The molecule has 76 valence electrons. The average molecular weight is 198 g/mol. The Labute approximate surface area is 89.8 Å². The molecule has 0 fully saturated rings. The van der Waals surface area contributed by atoms with E-state index in [0.717, 1.165) is 22.5 Å². The molecule has 15 heavy (non-hydrogen) atoms. The van der Waals surface area contributed by atoms with Gasteiger partial charge in [0.05, 0.1) is 5.69 Å². The van der Waals surface area contributed by atoms with Crippen molar-refractivity contribution in [3.63, 3.8) is 0 Å². The van der Waals surface area contributed by atoms with E-state index in [-0.39, 0.29) is 0 Å². The highest BCUT2D eigenvalue weighted by molar-refractivity contribution is 5.69. The first-order valence-corrected chi connectivity index (χ1v) is 4.97. The highest BCUT2D eigenvalue weighted by Crippen LogP contribution is 2.26. The molecule has 2 rings (SSSR count). The standard InChI is InChI=1S/C13H14N2/c1-9-10(2)12(14)7-6-11(9)13-5-3-4-8-15-13/h3-8H,14H2,1-2H3. The van der Waals surface area contributed by atoms with E-state index < -0.39 is 0 Å². The molecule has 2 N–H and O–H groups in total. The first kappa shape index (κ1) is 9.71. The van der Waals surface area contributed by atoms with Crippen LogP contribution in [-0.2, 0) is 0 Å². The maximum atomic E-state index is 5.85. The summed E-state index contributed by atoms with van der Waals surface area (Å²) in [5, 5.41) is 0. The van der Waals surface area contributed by atoms with Gasteiger partial charge in [-0.15, -0.1) is 0 Å².